The molecule has 0 aliphatic carbocycles. The summed E-state index contributed by atoms with van der Waals surface area (Å²) in [7, 11) is -5.25. The van der Waals surface area contributed by atoms with Crippen molar-refractivity contribution in [1.29, 1.82) is 0 Å². The number of amides is 6. The molecule has 4 aliphatic rings. The number of aliphatic hydroxyl groups is 1. The number of carbonyl (C=O) groups is 6. The van der Waals surface area contributed by atoms with Crippen LogP contribution in [-0.4, -0.2) is 146 Å². The van der Waals surface area contributed by atoms with Gasteiger partial charge in [-0.05, 0) is 87.9 Å². The average Bonchev–Trinajstić information content (AvgIpc) is 3.88. The molecule has 0 spiro atoms. The summed E-state index contributed by atoms with van der Waals surface area (Å²) in [6.07, 6.45) is -9.03. The Labute approximate surface area is 373 Å². The van der Waals surface area contributed by atoms with Crippen molar-refractivity contribution in [3.05, 3.63) is 59.7 Å². The van der Waals surface area contributed by atoms with Gasteiger partial charge >= 0.3 is 26.2 Å². The van der Waals surface area contributed by atoms with Crippen LogP contribution in [0.1, 0.15) is 57.9 Å². The number of benzene rings is 2. The lowest BCUT2D eigenvalue weighted by Crippen LogP contribution is -2.64. The molecule has 1 unspecified atom stereocenters. The normalized spacial score (nSPS) is 27.3. The number of rotatable bonds is 9. The highest BCUT2D eigenvalue weighted by atomic mass is 31.2. The van der Waals surface area contributed by atoms with Crippen molar-refractivity contribution >= 4 is 49.1 Å². The van der Waals surface area contributed by atoms with E-state index in [9.17, 15) is 70.2 Å². The molecular weight excluding hydrogens is 912 g/mol. The number of ether oxygens (including phenoxy) is 2. The van der Waals surface area contributed by atoms with Crippen LogP contribution in [0.3, 0.4) is 0 Å². The summed E-state index contributed by atoms with van der Waals surface area (Å²) in [4.78, 5) is 108. The van der Waals surface area contributed by atoms with Gasteiger partial charge in [-0.15, -0.1) is 13.2 Å². The minimum Gasteiger partial charge on any atom is -0.458 e. The maximum absolute atomic E-state index is 14.9. The highest BCUT2D eigenvalue weighted by Gasteiger charge is 2.50. The minimum absolute atomic E-state index is 0.0665. The molecule has 7 N–H and O–H groups in total. The molecule has 4 heterocycles. The number of halogens is 5. The smallest absolute Gasteiger partial charge is 0.458 e. The van der Waals surface area contributed by atoms with Gasteiger partial charge in [0, 0.05) is 44.2 Å². The number of urea groups is 1. The third kappa shape index (κ3) is 12.7. The van der Waals surface area contributed by atoms with Gasteiger partial charge in [0.2, 0.25) is 23.6 Å². The number of carbonyl (C=O) groups excluding carboxylic acids is 6. The molecule has 20 nitrogen and oxygen atoms in total. The van der Waals surface area contributed by atoms with Crippen LogP contribution in [0, 0.1) is 11.6 Å². The number of hydrogen-bond acceptors (Lipinski definition) is 12. The molecule has 4 aliphatic heterocycles. The second-order valence-corrected chi connectivity index (χ2v) is 17.6. The zero-order valence-electron chi connectivity index (χ0n) is 35.4. The Morgan fingerprint density at radius 3 is 2.23 bits per heavy atom. The Morgan fingerprint density at radius 1 is 0.909 bits per heavy atom. The number of alkyl halides is 3. The lowest BCUT2D eigenvalue weighted by molar-refractivity contribution is -0.274. The highest BCUT2D eigenvalue weighted by molar-refractivity contribution is 7.46. The molecule has 0 saturated carbocycles. The fourth-order valence-corrected chi connectivity index (χ4v) is 9.18. The van der Waals surface area contributed by atoms with Crippen LogP contribution >= 0.6 is 7.82 Å². The topological polar surface area (TPSA) is 266 Å². The van der Waals surface area contributed by atoms with E-state index in [-0.39, 0.29) is 37.2 Å². The summed E-state index contributed by atoms with van der Waals surface area (Å²) in [5.74, 6) is -7.51. The van der Waals surface area contributed by atoms with E-state index in [1.165, 1.54) is 23.6 Å². The molecule has 2 aromatic rings. The highest BCUT2D eigenvalue weighted by Crippen LogP contribution is 2.41. The molecule has 6 rings (SSSR count). The number of cyclic esters (lactones) is 1. The SMILES string of the molecule is C[C@@H]1NC(O)[C@@H]2CCCCN2C(=O)[C@@H]2C[C@@H](OP(=O)(O)O)CN2C(=O)[C@@H](NC(=O)[C@H](Cc2cc(F)cc(F)c2)NC(=O)Nc2ccc(OC(F)(F)F)cc2)[C@H](C)OC(=O)[C@@H]2CCCN2C1=O. The minimum atomic E-state index is -5.25. The van der Waals surface area contributed by atoms with Gasteiger partial charge in [0.05, 0.1) is 18.2 Å². The lowest BCUT2D eigenvalue weighted by atomic mass is 9.98. The Balaban J connectivity index is 1.36. The molecule has 9 atom stereocenters. The number of esters is 1. The molecule has 66 heavy (non-hydrogen) atoms. The van der Waals surface area contributed by atoms with Crippen molar-refractivity contribution in [2.45, 2.75) is 120 Å². The first-order valence-electron chi connectivity index (χ1n) is 20.9. The van der Waals surface area contributed by atoms with E-state index in [4.69, 9.17) is 9.26 Å². The van der Waals surface area contributed by atoms with Crippen LogP contribution in [-0.2, 0) is 44.2 Å². The van der Waals surface area contributed by atoms with Crippen molar-refractivity contribution in [2.24, 2.45) is 0 Å². The predicted octanol–water partition coefficient (Wildman–Crippen LogP) is 1.77. The number of hydrogen-bond donors (Lipinski definition) is 7. The zero-order valence-corrected chi connectivity index (χ0v) is 36.3. The van der Waals surface area contributed by atoms with Crippen LogP contribution in [0.5, 0.6) is 5.75 Å². The number of piperidine rings is 1. The van der Waals surface area contributed by atoms with E-state index in [1.54, 1.807) is 0 Å². The number of aliphatic hydroxyl groups excluding tert-OH is 1. The van der Waals surface area contributed by atoms with E-state index in [0.29, 0.717) is 25.3 Å². The summed E-state index contributed by atoms with van der Waals surface area (Å²) in [6.45, 7) is 2.20. The maximum atomic E-state index is 14.9. The number of anilines is 1. The van der Waals surface area contributed by atoms with Crippen molar-refractivity contribution < 1.29 is 84.2 Å². The lowest BCUT2D eigenvalue weighted by Gasteiger charge is -2.42. The maximum Gasteiger partial charge on any atom is 0.573 e. The number of nitrogens with zero attached hydrogens (tertiary/aromatic N) is 3. The second-order valence-electron chi connectivity index (χ2n) is 16.4. The van der Waals surface area contributed by atoms with E-state index in [1.807, 2.05) is 0 Å². The molecule has 26 heteroatoms. The molecule has 2 aromatic carbocycles. The Hall–Kier alpha value is -5.46. The Morgan fingerprint density at radius 2 is 1.58 bits per heavy atom. The van der Waals surface area contributed by atoms with Gasteiger partial charge in [-0.3, -0.25) is 29.0 Å². The van der Waals surface area contributed by atoms with Gasteiger partial charge in [0.1, 0.15) is 53.9 Å². The summed E-state index contributed by atoms with van der Waals surface area (Å²) >= 11 is 0. The number of phosphoric acid groups is 1. The van der Waals surface area contributed by atoms with Gasteiger partial charge in [-0.2, -0.15) is 0 Å². The molecule has 0 bridgehead atoms. The van der Waals surface area contributed by atoms with Crippen LogP contribution < -0.4 is 26.0 Å². The van der Waals surface area contributed by atoms with Crippen molar-refractivity contribution in [3.8, 4) is 5.75 Å². The molecule has 0 aromatic heterocycles. The number of fused-ring (bicyclic) bond motifs is 3. The van der Waals surface area contributed by atoms with Crippen LogP contribution in [0.15, 0.2) is 42.5 Å². The number of nitrogens with one attached hydrogen (secondary N) is 4. The summed E-state index contributed by atoms with van der Waals surface area (Å²) in [5.41, 5.74) is -0.280. The van der Waals surface area contributed by atoms with Gasteiger partial charge < -0.3 is 55.0 Å². The van der Waals surface area contributed by atoms with Gasteiger partial charge in [0.15, 0.2) is 0 Å². The first kappa shape index (κ1) is 50.0. The van der Waals surface area contributed by atoms with Crippen LogP contribution in [0.4, 0.5) is 32.4 Å². The first-order chi connectivity index (χ1) is 31.0. The zero-order chi connectivity index (χ0) is 48.2. The molecule has 4 saturated heterocycles. The van der Waals surface area contributed by atoms with E-state index < -0.39 is 141 Å². The van der Waals surface area contributed by atoms with Crippen molar-refractivity contribution in [3.63, 3.8) is 0 Å². The average molecular weight is 962 g/mol. The molecular formula is C40H49F5N7O13P. The van der Waals surface area contributed by atoms with Crippen molar-refractivity contribution in [1.82, 2.24) is 30.7 Å². The summed E-state index contributed by atoms with van der Waals surface area (Å²) in [6, 6.07) is -3.70. The Bertz CT molecular complexity index is 2180. The predicted molar refractivity (Wildman–Crippen MR) is 216 cm³/mol. The van der Waals surface area contributed by atoms with Gasteiger partial charge in [0.25, 0.3) is 0 Å². The molecule has 0 radical (unpaired) electrons. The molecule has 6 amide bonds. The quantitative estimate of drug-likeness (QED) is 0.107. The van der Waals surface area contributed by atoms with Crippen LogP contribution in [0.2, 0.25) is 0 Å². The van der Waals surface area contributed by atoms with Crippen LogP contribution in [0.25, 0.3) is 0 Å². The first-order valence-corrected chi connectivity index (χ1v) is 22.5. The third-order valence-electron chi connectivity index (χ3n) is 11.6. The van der Waals surface area contributed by atoms with Gasteiger partial charge in [-0.1, -0.05) is 0 Å². The number of phosphoric ester groups is 1. The fourth-order valence-electron chi connectivity index (χ4n) is 8.64. The standard InChI is InChI=1S/C40H49F5N7O13P/c1-20-35(55)51-13-5-7-30(51)38(58)63-21(2)32(37(57)52-19-27(65-66(60,61)62)18-31(52)36(56)50-12-4-3-6-29(50)34(54)46-20)49-33(53)28(16-22-14-23(41)17-24(42)15-22)48-39(59)47-25-8-10-26(11-9-25)64-40(43,44)45/h8-11,14-15,17,20-21,27-32,34,46,54H,3-7,12-13,16,18-19H2,1-2H3,(H,49,53)(H2,47,48,59)(H2,60,61,62)/t20-,21-,27+,28-,29-,30-,31-,32-,34?/m0/s1. The molecule has 4 fully saturated rings. The largest absolute Gasteiger partial charge is 0.573 e. The second kappa shape index (κ2) is 20.6. The van der Waals surface area contributed by atoms with E-state index in [2.05, 4.69) is 26.0 Å². The summed E-state index contributed by atoms with van der Waals surface area (Å²) in [5, 5.41) is 21.3. The van der Waals surface area contributed by atoms with Gasteiger partial charge in [-0.25, -0.2) is 22.9 Å². The Kier molecular flexibility index (Phi) is 15.6. The third-order valence-corrected chi connectivity index (χ3v) is 12.2. The summed E-state index contributed by atoms with van der Waals surface area (Å²) < 4.78 is 93.5. The molecule has 362 valence electrons. The van der Waals surface area contributed by atoms with E-state index in [0.717, 1.165) is 41.3 Å². The fraction of sp³-hybridized carbons (Fsp3) is 0.550. The van der Waals surface area contributed by atoms with E-state index >= 15 is 0 Å². The van der Waals surface area contributed by atoms with Crippen molar-refractivity contribution in [2.75, 3.05) is 25.0 Å². The monoisotopic (exact) mass is 961 g/mol.